The lowest BCUT2D eigenvalue weighted by Gasteiger charge is -2.33. The maximum atomic E-state index is 15.8. The minimum Gasteiger partial charge on any atom is -0.350 e. The van der Waals surface area contributed by atoms with Crippen LogP contribution in [0, 0.1) is 35.4 Å². The van der Waals surface area contributed by atoms with Crippen LogP contribution in [0.25, 0.3) is 10.9 Å². The van der Waals surface area contributed by atoms with E-state index in [2.05, 4.69) is 32.8 Å². The van der Waals surface area contributed by atoms with E-state index in [-0.39, 0.29) is 45.5 Å². The number of aromatic nitrogens is 4. The summed E-state index contributed by atoms with van der Waals surface area (Å²) in [6, 6.07) is 5.57. The monoisotopic (exact) mass is 595 g/mol. The Bertz CT molecular complexity index is 1720. The second-order valence-corrected chi connectivity index (χ2v) is 10.7. The number of halogens is 4. The molecule has 0 spiro atoms. The summed E-state index contributed by atoms with van der Waals surface area (Å²) in [5.74, 6) is -2.92. The van der Waals surface area contributed by atoms with E-state index in [1.54, 1.807) is 25.8 Å². The van der Waals surface area contributed by atoms with E-state index < -0.39 is 35.1 Å². The van der Waals surface area contributed by atoms with Gasteiger partial charge >= 0.3 is 6.18 Å². The molecule has 3 aromatic rings. The number of hydrogen-bond donors (Lipinski definition) is 2. The fourth-order valence-corrected chi connectivity index (χ4v) is 5.84. The van der Waals surface area contributed by atoms with Crippen molar-refractivity contribution in [3.63, 3.8) is 0 Å². The van der Waals surface area contributed by atoms with Gasteiger partial charge in [-0.2, -0.15) is 33.9 Å². The van der Waals surface area contributed by atoms with Gasteiger partial charge in [0, 0.05) is 41.5 Å². The highest BCUT2D eigenvalue weighted by Crippen LogP contribution is 2.43. The number of aryl methyl sites for hydroxylation is 1. The fraction of sp³-hybridized carbons (Fsp3) is 0.414. The Hall–Kier alpha value is -4.69. The van der Waals surface area contributed by atoms with E-state index in [4.69, 9.17) is 0 Å². The number of H-pyrrole nitrogens is 1. The molecule has 2 aliphatic rings. The highest BCUT2D eigenvalue weighted by atomic mass is 19.4. The number of aromatic amines is 1. The molecule has 0 aliphatic carbocycles. The third-order valence-electron chi connectivity index (χ3n) is 8.39. The molecule has 1 aromatic carbocycles. The van der Waals surface area contributed by atoms with Crippen molar-refractivity contribution < 1.29 is 22.4 Å². The first-order valence-electron chi connectivity index (χ1n) is 13.7. The average Bonchev–Trinajstić information content (AvgIpc) is 3.72. The number of nitrogens with one attached hydrogen (secondary N) is 2. The molecule has 1 amide bonds. The Kier molecular flexibility index (Phi) is 7.75. The van der Waals surface area contributed by atoms with Crippen molar-refractivity contribution in [2.45, 2.75) is 52.3 Å². The van der Waals surface area contributed by atoms with Crippen molar-refractivity contribution in [3.8, 4) is 12.1 Å². The quantitative estimate of drug-likeness (QED) is 0.375. The molecule has 10 nitrogen and oxygen atoms in total. The van der Waals surface area contributed by atoms with Gasteiger partial charge in [-0.25, -0.2) is 4.39 Å². The molecule has 0 radical (unpaired) electrons. The number of fused-ring (bicyclic) bond motifs is 1. The van der Waals surface area contributed by atoms with E-state index in [9.17, 15) is 28.5 Å². The van der Waals surface area contributed by atoms with Gasteiger partial charge in [0.1, 0.15) is 5.82 Å². The van der Waals surface area contributed by atoms with E-state index >= 15 is 4.39 Å². The summed E-state index contributed by atoms with van der Waals surface area (Å²) in [4.78, 5) is 17.0. The lowest BCUT2D eigenvalue weighted by Crippen LogP contribution is -2.27. The summed E-state index contributed by atoms with van der Waals surface area (Å²) in [6.45, 7) is 6.80. The third kappa shape index (κ3) is 5.12. The van der Waals surface area contributed by atoms with Gasteiger partial charge in [0.15, 0.2) is 11.5 Å². The van der Waals surface area contributed by atoms with Gasteiger partial charge in [0.25, 0.3) is 5.91 Å². The zero-order valence-electron chi connectivity index (χ0n) is 24.0. The normalized spacial score (nSPS) is 16.7. The molecular formula is C29H29F4N9O. The molecule has 0 bridgehead atoms. The van der Waals surface area contributed by atoms with E-state index in [1.165, 1.54) is 13.0 Å². The molecule has 43 heavy (non-hydrogen) atoms. The van der Waals surface area contributed by atoms with Crippen LogP contribution < -0.4 is 5.32 Å². The topological polar surface area (TPSA) is 130 Å². The number of alkyl halides is 3. The van der Waals surface area contributed by atoms with Crippen molar-refractivity contribution in [1.29, 1.82) is 10.5 Å². The van der Waals surface area contributed by atoms with E-state index in [0.29, 0.717) is 17.9 Å². The number of carbonyl (C=O) groups excluding carboxylic acids is 1. The molecular weight excluding hydrogens is 566 g/mol. The SMILES string of the molecule is CC1=C(C#N)C(c2cc3c(NC(=O)c4cnn(CCN5CCCC5)c4C(F)(F)F)n[nH]c3c(C)c2F)C(C#N)=C(C)N1C. The zero-order chi connectivity index (χ0) is 31.2. The second kappa shape index (κ2) is 11.2. The molecule has 0 atom stereocenters. The van der Waals surface area contributed by atoms with Crippen LogP contribution in [0.3, 0.4) is 0 Å². The zero-order valence-corrected chi connectivity index (χ0v) is 24.0. The standard InChI is InChI=1S/C29H29F4N9O/c1-15-24(30)18(23-20(12-34)16(2)40(4)17(3)21(23)13-35)11-19-25(15)38-39-27(19)37-28(43)22-14-36-42(26(22)29(31,32)33)10-9-41-7-5-6-8-41/h11,14,23H,5-10H2,1-4H3,(H2,37,38,39,43). The molecule has 1 fully saturated rings. The summed E-state index contributed by atoms with van der Waals surface area (Å²) in [5, 5.41) is 33.1. The van der Waals surface area contributed by atoms with Gasteiger partial charge in [-0.3, -0.25) is 14.6 Å². The smallest absolute Gasteiger partial charge is 0.350 e. The van der Waals surface area contributed by atoms with Gasteiger partial charge in [-0.1, -0.05) is 0 Å². The molecule has 0 unspecified atom stereocenters. The van der Waals surface area contributed by atoms with E-state index in [1.807, 2.05) is 4.90 Å². The van der Waals surface area contributed by atoms with Crippen LogP contribution in [0.1, 0.15) is 59.8 Å². The maximum Gasteiger partial charge on any atom is 0.433 e. The van der Waals surface area contributed by atoms with Gasteiger partial charge in [0.2, 0.25) is 0 Å². The Labute approximate surface area is 244 Å². The van der Waals surface area contributed by atoms with Crippen molar-refractivity contribution >= 4 is 22.6 Å². The summed E-state index contributed by atoms with van der Waals surface area (Å²) in [6.07, 6.45) is -1.99. The first kappa shape index (κ1) is 29.8. The average molecular weight is 596 g/mol. The lowest BCUT2D eigenvalue weighted by atomic mass is 9.80. The second-order valence-electron chi connectivity index (χ2n) is 10.7. The molecule has 0 saturated carbocycles. The summed E-state index contributed by atoms with van der Waals surface area (Å²) < 4.78 is 59.1. The Balaban J connectivity index is 1.54. The molecule has 14 heteroatoms. The third-order valence-corrected chi connectivity index (χ3v) is 8.39. The van der Waals surface area contributed by atoms with Crippen molar-refractivity contribution in [3.05, 3.63) is 63.0 Å². The summed E-state index contributed by atoms with van der Waals surface area (Å²) in [5.41, 5.74) is -0.0821. The lowest BCUT2D eigenvalue weighted by molar-refractivity contribution is -0.144. The summed E-state index contributed by atoms with van der Waals surface area (Å²) >= 11 is 0. The van der Waals surface area contributed by atoms with Crippen molar-refractivity contribution in [2.75, 3.05) is 32.0 Å². The van der Waals surface area contributed by atoms with Crippen LogP contribution in [0.2, 0.25) is 0 Å². The Morgan fingerprint density at radius 1 is 1.12 bits per heavy atom. The molecule has 2 aromatic heterocycles. The first-order valence-corrected chi connectivity index (χ1v) is 13.7. The highest BCUT2D eigenvalue weighted by molar-refractivity contribution is 6.09. The fourth-order valence-electron chi connectivity index (χ4n) is 5.84. The van der Waals surface area contributed by atoms with Gasteiger partial charge in [-0.05, 0) is 52.8 Å². The van der Waals surface area contributed by atoms with Crippen LogP contribution in [-0.2, 0) is 12.7 Å². The molecule has 4 heterocycles. The number of benzene rings is 1. The van der Waals surface area contributed by atoms with Crippen LogP contribution in [0.4, 0.5) is 23.4 Å². The minimum absolute atomic E-state index is 0.00696. The molecule has 5 rings (SSSR count). The van der Waals surface area contributed by atoms with Gasteiger partial charge in [0.05, 0.1) is 53.0 Å². The Morgan fingerprint density at radius 2 is 1.74 bits per heavy atom. The van der Waals surface area contributed by atoms with E-state index in [0.717, 1.165) is 36.8 Å². The minimum atomic E-state index is -4.85. The van der Waals surface area contributed by atoms with Crippen molar-refractivity contribution in [2.24, 2.45) is 0 Å². The number of carbonyl (C=O) groups is 1. The number of hydrogen-bond acceptors (Lipinski definition) is 7. The predicted molar refractivity (Wildman–Crippen MR) is 149 cm³/mol. The summed E-state index contributed by atoms with van der Waals surface area (Å²) in [7, 11) is 1.70. The number of nitriles is 2. The Morgan fingerprint density at radius 3 is 2.33 bits per heavy atom. The van der Waals surface area contributed by atoms with Gasteiger partial charge < -0.3 is 15.1 Å². The van der Waals surface area contributed by atoms with Crippen LogP contribution in [0.15, 0.2) is 34.8 Å². The number of likely N-dealkylation sites (tertiary alicyclic amines) is 1. The largest absolute Gasteiger partial charge is 0.433 e. The van der Waals surface area contributed by atoms with Crippen molar-refractivity contribution in [1.82, 2.24) is 29.8 Å². The number of nitrogens with zero attached hydrogens (tertiary/aromatic N) is 7. The number of anilines is 1. The maximum absolute atomic E-state index is 15.8. The predicted octanol–water partition coefficient (Wildman–Crippen LogP) is 5.20. The molecule has 1 saturated heterocycles. The van der Waals surface area contributed by atoms with Gasteiger partial charge in [-0.15, -0.1) is 0 Å². The number of allylic oxidation sites excluding steroid dienone is 4. The number of amides is 1. The first-order chi connectivity index (χ1) is 20.4. The molecule has 2 N–H and O–H groups in total. The van der Waals surface area contributed by atoms with Crippen LogP contribution in [-0.4, -0.2) is 62.4 Å². The van der Waals surface area contributed by atoms with Crippen LogP contribution in [0.5, 0.6) is 0 Å². The molecule has 224 valence electrons. The van der Waals surface area contributed by atoms with Crippen LogP contribution >= 0.6 is 0 Å². The molecule has 2 aliphatic heterocycles. The highest BCUT2D eigenvalue weighted by Gasteiger charge is 2.40. The number of rotatable bonds is 6.